The topological polar surface area (TPSA) is 76.3 Å². The number of anilines is 2. The minimum absolute atomic E-state index is 0.203. The Morgan fingerprint density at radius 2 is 2.30 bits per heavy atom. The fourth-order valence-electron chi connectivity index (χ4n) is 2.35. The maximum absolute atomic E-state index is 5.81. The van der Waals surface area contributed by atoms with Crippen molar-refractivity contribution in [3.8, 4) is 0 Å². The normalized spacial score (nSPS) is 20.0. The second-order valence-electron chi connectivity index (χ2n) is 5.11. The van der Waals surface area contributed by atoms with Gasteiger partial charge in [0.05, 0.1) is 12.7 Å². The van der Waals surface area contributed by atoms with Gasteiger partial charge in [-0.25, -0.2) is 9.97 Å². The van der Waals surface area contributed by atoms with Crippen LogP contribution in [0.5, 0.6) is 0 Å². The van der Waals surface area contributed by atoms with Crippen LogP contribution in [0.25, 0.3) is 0 Å². The third-order valence-corrected chi connectivity index (χ3v) is 3.45. The van der Waals surface area contributed by atoms with Gasteiger partial charge in [-0.05, 0) is 13.0 Å². The van der Waals surface area contributed by atoms with Gasteiger partial charge in [-0.3, -0.25) is 4.90 Å². The minimum Gasteiger partial charge on any atom is -0.384 e. The first-order valence-corrected chi connectivity index (χ1v) is 7.42. The molecule has 2 heterocycles. The Hall–Kier alpha value is -1.40. The SMILES string of the molecule is CCCc1nc(N)cc(NCC2CN(CC)CCO2)n1. The van der Waals surface area contributed by atoms with Crippen LogP contribution in [0.1, 0.15) is 26.1 Å². The van der Waals surface area contributed by atoms with E-state index in [0.29, 0.717) is 5.82 Å². The molecule has 0 bridgehead atoms. The molecule has 20 heavy (non-hydrogen) atoms. The first kappa shape index (κ1) is 15.0. The zero-order valence-electron chi connectivity index (χ0n) is 12.4. The first-order chi connectivity index (χ1) is 9.71. The summed E-state index contributed by atoms with van der Waals surface area (Å²) in [6.45, 7) is 8.89. The summed E-state index contributed by atoms with van der Waals surface area (Å²) in [5.74, 6) is 2.11. The Balaban J connectivity index is 1.89. The molecule has 1 fully saturated rings. The predicted octanol–water partition coefficient (Wildman–Crippen LogP) is 1.14. The molecular weight excluding hydrogens is 254 g/mol. The quantitative estimate of drug-likeness (QED) is 0.813. The van der Waals surface area contributed by atoms with Crippen molar-refractivity contribution in [3.05, 3.63) is 11.9 Å². The number of aryl methyl sites for hydroxylation is 1. The van der Waals surface area contributed by atoms with Crippen LogP contribution >= 0.6 is 0 Å². The molecule has 0 aliphatic carbocycles. The molecule has 1 aromatic rings. The molecule has 1 atom stereocenters. The van der Waals surface area contributed by atoms with Crippen molar-refractivity contribution in [1.82, 2.24) is 14.9 Å². The van der Waals surface area contributed by atoms with Gasteiger partial charge in [-0.15, -0.1) is 0 Å². The number of nitrogens with zero attached hydrogens (tertiary/aromatic N) is 3. The number of nitrogens with two attached hydrogens (primary N) is 1. The van der Waals surface area contributed by atoms with E-state index in [4.69, 9.17) is 10.5 Å². The smallest absolute Gasteiger partial charge is 0.133 e. The number of nitrogens with one attached hydrogen (secondary N) is 1. The number of hydrogen-bond donors (Lipinski definition) is 2. The number of ether oxygens (including phenoxy) is 1. The van der Waals surface area contributed by atoms with E-state index < -0.39 is 0 Å². The second kappa shape index (κ2) is 7.40. The van der Waals surface area contributed by atoms with E-state index in [1.165, 1.54) is 0 Å². The Labute approximate surface area is 120 Å². The Morgan fingerprint density at radius 1 is 1.45 bits per heavy atom. The molecule has 1 aromatic heterocycles. The number of hydrogen-bond acceptors (Lipinski definition) is 6. The molecule has 0 saturated carbocycles. The van der Waals surface area contributed by atoms with E-state index >= 15 is 0 Å². The standard InChI is InChI=1S/C14H25N5O/c1-3-5-13-17-12(15)8-14(18-13)16-9-11-10-19(4-2)6-7-20-11/h8,11H,3-7,9-10H2,1-2H3,(H3,15,16,17,18). The summed E-state index contributed by atoms with van der Waals surface area (Å²) in [4.78, 5) is 11.1. The Bertz CT molecular complexity index is 426. The molecule has 112 valence electrons. The number of morpholine rings is 1. The number of aromatic nitrogens is 2. The summed E-state index contributed by atoms with van der Waals surface area (Å²) in [6.07, 6.45) is 2.07. The lowest BCUT2D eigenvalue weighted by molar-refractivity contribution is -0.0192. The summed E-state index contributed by atoms with van der Waals surface area (Å²) >= 11 is 0. The van der Waals surface area contributed by atoms with Gasteiger partial charge in [0.15, 0.2) is 0 Å². The molecule has 2 rings (SSSR count). The van der Waals surface area contributed by atoms with Crippen molar-refractivity contribution < 1.29 is 4.74 Å². The Morgan fingerprint density at radius 3 is 3.05 bits per heavy atom. The average molecular weight is 279 g/mol. The highest BCUT2D eigenvalue weighted by molar-refractivity contribution is 5.44. The van der Waals surface area contributed by atoms with Crippen LogP contribution in [0.3, 0.4) is 0 Å². The fourth-order valence-corrected chi connectivity index (χ4v) is 2.35. The number of likely N-dealkylation sites (N-methyl/N-ethyl adjacent to an activating group) is 1. The maximum atomic E-state index is 5.81. The van der Waals surface area contributed by atoms with Gasteiger partial charge < -0.3 is 15.8 Å². The van der Waals surface area contributed by atoms with Crippen LogP contribution in [0.15, 0.2) is 6.07 Å². The summed E-state index contributed by atoms with van der Waals surface area (Å²) in [7, 11) is 0. The van der Waals surface area contributed by atoms with Crippen molar-refractivity contribution >= 4 is 11.6 Å². The molecule has 1 saturated heterocycles. The van der Waals surface area contributed by atoms with Crippen LogP contribution in [0.2, 0.25) is 0 Å². The number of nitrogen functional groups attached to an aromatic ring is 1. The lowest BCUT2D eigenvalue weighted by Crippen LogP contribution is -2.45. The van der Waals surface area contributed by atoms with E-state index in [1.54, 1.807) is 6.07 Å². The van der Waals surface area contributed by atoms with Gasteiger partial charge in [0.25, 0.3) is 0 Å². The van der Waals surface area contributed by atoms with E-state index in [2.05, 4.69) is 34.0 Å². The van der Waals surface area contributed by atoms with Crippen molar-refractivity contribution in [3.63, 3.8) is 0 Å². The van der Waals surface area contributed by atoms with Crippen LogP contribution < -0.4 is 11.1 Å². The predicted molar refractivity (Wildman–Crippen MR) is 80.8 cm³/mol. The van der Waals surface area contributed by atoms with Crippen LogP contribution in [-0.2, 0) is 11.2 Å². The van der Waals surface area contributed by atoms with Gasteiger partial charge >= 0.3 is 0 Å². The largest absolute Gasteiger partial charge is 0.384 e. The molecule has 0 spiro atoms. The van der Waals surface area contributed by atoms with E-state index in [0.717, 1.165) is 57.3 Å². The summed E-state index contributed by atoms with van der Waals surface area (Å²) in [5.41, 5.74) is 5.81. The van der Waals surface area contributed by atoms with Crippen LogP contribution in [0.4, 0.5) is 11.6 Å². The second-order valence-corrected chi connectivity index (χ2v) is 5.11. The third kappa shape index (κ3) is 4.31. The monoisotopic (exact) mass is 279 g/mol. The minimum atomic E-state index is 0.203. The molecule has 0 amide bonds. The van der Waals surface area contributed by atoms with Crippen molar-refractivity contribution in [1.29, 1.82) is 0 Å². The highest BCUT2D eigenvalue weighted by atomic mass is 16.5. The van der Waals surface area contributed by atoms with Gasteiger partial charge in [0.2, 0.25) is 0 Å². The van der Waals surface area contributed by atoms with Gasteiger partial charge in [-0.1, -0.05) is 13.8 Å². The molecule has 1 aliphatic rings. The van der Waals surface area contributed by atoms with Crippen molar-refractivity contribution in [2.24, 2.45) is 0 Å². The van der Waals surface area contributed by atoms with E-state index in [-0.39, 0.29) is 6.10 Å². The van der Waals surface area contributed by atoms with Gasteiger partial charge in [-0.2, -0.15) is 0 Å². The molecule has 0 aromatic carbocycles. The third-order valence-electron chi connectivity index (χ3n) is 3.45. The van der Waals surface area contributed by atoms with Gasteiger partial charge in [0, 0.05) is 32.1 Å². The molecule has 6 heteroatoms. The molecule has 0 radical (unpaired) electrons. The molecule has 3 N–H and O–H groups in total. The van der Waals surface area contributed by atoms with Crippen molar-refractivity contribution in [2.45, 2.75) is 32.8 Å². The maximum Gasteiger partial charge on any atom is 0.133 e. The lowest BCUT2D eigenvalue weighted by atomic mass is 10.2. The molecule has 1 unspecified atom stereocenters. The summed E-state index contributed by atoms with van der Waals surface area (Å²) in [5, 5.41) is 3.32. The molecule has 1 aliphatic heterocycles. The highest BCUT2D eigenvalue weighted by Crippen LogP contribution is 2.11. The van der Waals surface area contributed by atoms with E-state index in [1.807, 2.05) is 0 Å². The fraction of sp³-hybridized carbons (Fsp3) is 0.714. The Kier molecular flexibility index (Phi) is 5.55. The molecule has 6 nitrogen and oxygen atoms in total. The van der Waals surface area contributed by atoms with Gasteiger partial charge in [0.1, 0.15) is 17.5 Å². The number of rotatable bonds is 6. The first-order valence-electron chi connectivity index (χ1n) is 7.42. The zero-order chi connectivity index (χ0) is 14.4. The average Bonchev–Trinajstić information content (AvgIpc) is 2.45. The highest BCUT2D eigenvalue weighted by Gasteiger charge is 2.19. The van der Waals surface area contributed by atoms with Crippen molar-refractivity contribution in [2.75, 3.05) is 43.8 Å². The lowest BCUT2D eigenvalue weighted by Gasteiger charge is -2.32. The van der Waals surface area contributed by atoms with Crippen LogP contribution in [-0.4, -0.2) is 53.8 Å². The van der Waals surface area contributed by atoms with Crippen LogP contribution in [0, 0.1) is 0 Å². The summed E-state index contributed by atoms with van der Waals surface area (Å²) < 4.78 is 5.76. The van der Waals surface area contributed by atoms with E-state index in [9.17, 15) is 0 Å². The molecular formula is C14H25N5O. The zero-order valence-corrected chi connectivity index (χ0v) is 12.4. The summed E-state index contributed by atoms with van der Waals surface area (Å²) in [6, 6.07) is 1.78.